The molecule has 1 heterocycles. The molecule has 1 aliphatic carbocycles. The van der Waals surface area contributed by atoms with Crippen LogP contribution in [0.15, 0.2) is 12.2 Å². The number of rotatable bonds is 14. The van der Waals surface area contributed by atoms with Gasteiger partial charge in [0.15, 0.2) is 0 Å². The fraction of sp³-hybridized carbons (Fsp3) is 0.808. The predicted octanol–water partition coefficient (Wildman–Crippen LogP) is 4.49. The number of carbonyl (C=O) groups is 3. The number of nitrogens with one attached hydrogen (secondary N) is 2. The first-order valence-electron chi connectivity index (χ1n) is 12.9. The van der Waals surface area contributed by atoms with Crippen LogP contribution >= 0.6 is 0 Å². The third kappa shape index (κ3) is 14.5. The van der Waals surface area contributed by atoms with Gasteiger partial charge in [0, 0.05) is 25.1 Å². The van der Waals surface area contributed by atoms with Crippen molar-refractivity contribution in [3.05, 3.63) is 12.2 Å². The van der Waals surface area contributed by atoms with Gasteiger partial charge in [-0.15, -0.1) is 0 Å². The van der Waals surface area contributed by atoms with Crippen LogP contribution in [0.3, 0.4) is 0 Å². The van der Waals surface area contributed by atoms with Gasteiger partial charge in [-0.25, -0.2) is 0 Å². The topological polar surface area (TPSA) is 78.5 Å². The molecule has 0 saturated heterocycles. The van der Waals surface area contributed by atoms with Gasteiger partial charge in [0.2, 0.25) is 0 Å². The molecule has 186 valence electrons. The highest BCUT2D eigenvalue weighted by molar-refractivity contribution is 6.12. The van der Waals surface area contributed by atoms with Gasteiger partial charge in [-0.05, 0) is 83.5 Å². The van der Waals surface area contributed by atoms with E-state index >= 15 is 0 Å². The van der Waals surface area contributed by atoms with E-state index in [0.29, 0.717) is 24.8 Å². The lowest BCUT2D eigenvalue weighted by Crippen LogP contribution is -2.37. The summed E-state index contributed by atoms with van der Waals surface area (Å²) in [6, 6.07) is 0. The molecule has 0 aromatic carbocycles. The second kappa shape index (κ2) is 21.3. The second-order valence-corrected chi connectivity index (χ2v) is 8.54. The number of aldehydes is 1. The van der Waals surface area contributed by atoms with Crippen molar-refractivity contribution in [2.75, 3.05) is 33.2 Å². The van der Waals surface area contributed by atoms with Crippen LogP contribution in [-0.4, -0.2) is 56.2 Å². The Morgan fingerprint density at radius 2 is 1.50 bits per heavy atom. The van der Waals surface area contributed by atoms with Crippen molar-refractivity contribution in [2.45, 2.75) is 91.4 Å². The van der Waals surface area contributed by atoms with Crippen molar-refractivity contribution >= 4 is 18.1 Å². The number of unbranched alkanes of at least 4 members (excludes halogenated alkanes) is 5. The SMILES string of the molecule is CC.CCCCCNC.O=CCCCCCNCC1CCC(CN2C(=O)C=CC2=O)CC1. The minimum atomic E-state index is -0.159. The number of imide groups is 1. The van der Waals surface area contributed by atoms with Crippen molar-refractivity contribution in [3.63, 3.8) is 0 Å². The molecule has 1 fully saturated rings. The van der Waals surface area contributed by atoms with Crippen LogP contribution in [0.2, 0.25) is 0 Å². The van der Waals surface area contributed by atoms with Gasteiger partial charge in [-0.2, -0.15) is 0 Å². The molecular weight excluding hydrogens is 402 g/mol. The van der Waals surface area contributed by atoms with Crippen LogP contribution in [0.4, 0.5) is 0 Å². The fourth-order valence-corrected chi connectivity index (χ4v) is 4.00. The highest BCUT2D eigenvalue weighted by atomic mass is 16.2. The Kier molecular flexibility index (Phi) is 20.3. The second-order valence-electron chi connectivity index (χ2n) is 8.54. The standard InChI is InChI=1S/C18H28N2O3.C6H15N.C2H6/c21-12-4-2-1-3-11-19-13-15-5-7-16(8-6-15)14-20-17(22)9-10-18(20)23;1-3-4-5-6-7-2;1-2/h9-10,12,15-16,19H,1-8,11,13-14H2;7H,3-6H2,1-2H3;1-2H3. The molecule has 2 N–H and O–H groups in total. The Hall–Kier alpha value is -1.53. The van der Waals surface area contributed by atoms with E-state index in [2.05, 4.69) is 17.6 Å². The van der Waals surface area contributed by atoms with Crippen molar-refractivity contribution < 1.29 is 14.4 Å². The number of nitrogens with zero attached hydrogens (tertiary/aromatic N) is 1. The van der Waals surface area contributed by atoms with E-state index in [4.69, 9.17) is 0 Å². The number of hydrogen-bond donors (Lipinski definition) is 2. The van der Waals surface area contributed by atoms with Crippen LogP contribution in [0.25, 0.3) is 0 Å². The summed E-state index contributed by atoms with van der Waals surface area (Å²) in [5.41, 5.74) is 0. The van der Waals surface area contributed by atoms with Crippen molar-refractivity contribution in [1.29, 1.82) is 0 Å². The van der Waals surface area contributed by atoms with Gasteiger partial charge < -0.3 is 15.4 Å². The van der Waals surface area contributed by atoms with Crippen molar-refractivity contribution in [2.24, 2.45) is 11.8 Å². The van der Waals surface area contributed by atoms with Crippen molar-refractivity contribution in [3.8, 4) is 0 Å². The van der Waals surface area contributed by atoms with Crippen LogP contribution in [0, 0.1) is 11.8 Å². The molecule has 2 rings (SSSR count). The Morgan fingerprint density at radius 1 is 0.906 bits per heavy atom. The number of hydrogen-bond acceptors (Lipinski definition) is 5. The molecule has 0 radical (unpaired) electrons. The summed E-state index contributed by atoms with van der Waals surface area (Å²) in [5, 5.41) is 6.62. The predicted molar refractivity (Wildman–Crippen MR) is 134 cm³/mol. The maximum atomic E-state index is 11.6. The molecule has 2 amide bonds. The molecule has 0 spiro atoms. The van der Waals surface area contributed by atoms with E-state index in [0.717, 1.165) is 51.5 Å². The van der Waals surface area contributed by atoms with Crippen molar-refractivity contribution in [1.82, 2.24) is 15.5 Å². The molecule has 6 heteroatoms. The summed E-state index contributed by atoms with van der Waals surface area (Å²) in [5.74, 6) is 0.855. The van der Waals surface area contributed by atoms with Crippen LogP contribution in [-0.2, 0) is 14.4 Å². The molecule has 1 aliphatic heterocycles. The lowest BCUT2D eigenvalue weighted by Gasteiger charge is -2.30. The zero-order valence-electron chi connectivity index (χ0n) is 21.2. The number of amides is 2. The van der Waals surface area contributed by atoms with Gasteiger partial charge in [-0.3, -0.25) is 14.5 Å². The number of carbonyl (C=O) groups excluding carboxylic acids is 3. The Bertz CT molecular complexity index is 492. The fourth-order valence-electron chi connectivity index (χ4n) is 4.00. The van der Waals surface area contributed by atoms with Crippen LogP contribution in [0.5, 0.6) is 0 Å². The lowest BCUT2D eigenvalue weighted by molar-refractivity contribution is -0.137. The molecular formula is C26H49N3O3. The molecule has 6 nitrogen and oxygen atoms in total. The molecule has 1 saturated carbocycles. The summed E-state index contributed by atoms with van der Waals surface area (Å²) in [4.78, 5) is 34.8. The normalized spacial score (nSPS) is 19.8. The van der Waals surface area contributed by atoms with Crippen LogP contribution < -0.4 is 10.6 Å². The maximum Gasteiger partial charge on any atom is 0.253 e. The Balaban J connectivity index is 0.000000911. The molecule has 0 aromatic rings. The quantitative estimate of drug-likeness (QED) is 0.231. The summed E-state index contributed by atoms with van der Waals surface area (Å²) >= 11 is 0. The van der Waals surface area contributed by atoms with E-state index in [1.165, 1.54) is 55.7 Å². The van der Waals surface area contributed by atoms with E-state index in [1.54, 1.807) is 0 Å². The molecule has 0 bridgehead atoms. The molecule has 32 heavy (non-hydrogen) atoms. The molecule has 0 unspecified atom stereocenters. The van der Waals surface area contributed by atoms with Crippen LogP contribution in [0.1, 0.15) is 91.4 Å². The van der Waals surface area contributed by atoms with E-state index in [1.807, 2.05) is 20.9 Å². The average Bonchev–Trinajstić information content (AvgIpc) is 3.14. The van der Waals surface area contributed by atoms with Gasteiger partial charge in [0.05, 0.1) is 0 Å². The van der Waals surface area contributed by atoms with Gasteiger partial charge >= 0.3 is 0 Å². The first-order chi connectivity index (χ1) is 15.6. The molecule has 0 atom stereocenters. The summed E-state index contributed by atoms with van der Waals surface area (Å²) in [7, 11) is 2.00. The summed E-state index contributed by atoms with van der Waals surface area (Å²) < 4.78 is 0. The lowest BCUT2D eigenvalue weighted by atomic mass is 9.81. The Morgan fingerprint density at radius 3 is 2.06 bits per heavy atom. The monoisotopic (exact) mass is 451 g/mol. The molecule has 2 aliphatic rings. The summed E-state index contributed by atoms with van der Waals surface area (Å²) in [6.45, 7) is 10.1. The van der Waals surface area contributed by atoms with Gasteiger partial charge in [0.25, 0.3) is 11.8 Å². The van der Waals surface area contributed by atoms with E-state index in [9.17, 15) is 14.4 Å². The van der Waals surface area contributed by atoms with E-state index < -0.39 is 0 Å². The first-order valence-corrected chi connectivity index (χ1v) is 12.9. The zero-order valence-corrected chi connectivity index (χ0v) is 21.2. The largest absolute Gasteiger partial charge is 0.320 e. The zero-order chi connectivity index (χ0) is 24.0. The molecule has 0 aromatic heterocycles. The van der Waals surface area contributed by atoms with E-state index in [-0.39, 0.29) is 11.8 Å². The van der Waals surface area contributed by atoms with Gasteiger partial charge in [0.1, 0.15) is 6.29 Å². The highest BCUT2D eigenvalue weighted by Gasteiger charge is 2.28. The summed E-state index contributed by atoms with van der Waals surface area (Å²) in [6.07, 6.45) is 16.2. The maximum absolute atomic E-state index is 11.6. The van der Waals surface area contributed by atoms with Gasteiger partial charge in [-0.1, -0.05) is 40.0 Å². The smallest absolute Gasteiger partial charge is 0.253 e. The Labute approximate surface area is 197 Å². The third-order valence-corrected chi connectivity index (χ3v) is 5.95. The average molecular weight is 452 g/mol. The highest BCUT2D eigenvalue weighted by Crippen LogP contribution is 2.29. The third-order valence-electron chi connectivity index (χ3n) is 5.95. The first kappa shape index (κ1) is 30.5. The minimum absolute atomic E-state index is 0.159. The minimum Gasteiger partial charge on any atom is -0.320 e.